The molecule has 0 N–H and O–H groups in total. The van der Waals surface area contributed by atoms with Gasteiger partial charge >= 0.3 is 18.9 Å². The van der Waals surface area contributed by atoms with Crippen LogP contribution in [0.15, 0.2) is 25.3 Å². The van der Waals surface area contributed by atoms with Crippen LogP contribution in [-0.2, 0) is 0 Å². The van der Waals surface area contributed by atoms with Gasteiger partial charge in [0.05, 0.1) is 0 Å². The summed E-state index contributed by atoms with van der Waals surface area (Å²) >= 11 is 1.82. The predicted octanol–water partition coefficient (Wildman–Crippen LogP) is 1.44. The molecule has 0 saturated carbocycles. The molecule has 0 amide bonds. The summed E-state index contributed by atoms with van der Waals surface area (Å²) in [6, 6.07) is 0. The number of rotatable bonds is 4. The molecule has 0 aliphatic carbocycles. The monoisotopic (exact) mass is 122 g/mol. The van der Waals surface area contributed by atoms with E-state index in [0.29, 0.717) is 0 Å². The molecule has 0 aromatic heterocycles. The third-order valence-electron chi connectivity index (χ3n) is 0.471. The second-order valence-corrected chi connectivity index (χ2v) is 2.19. The minimum atomic E-state index is 0. The minimum absolute atomic E-state index is 0. The number of hydrogen-bond acceptors (Lipinski definition) is 1. The summed E-state index contributed by atoms with van der Waals surface area (Å²) in [6.45, 7) is 7.15. The SMILES string of the molecule is C=CCSCC=C.[LiH]. The molecule has 2 heteroatoms. The van der Waals surface area contributed by atoms with Crippen LogP contribution in [0.1, 0.15) is 0 Å². The van der Waals surface area contributed by atoms with Crippen molar-refractivity contribution in [1.29, 1.82) is 0 Å². The molecule has 0 rings (SSSR count). The van der Waals surface area contributed by atoms with E-state index in [1.165, 1.54) is 0 Å². The molecule has 42 valence electrons. The second-order valence-electron chi connectivity index (χ2n) is 1.11. The van der Waals surface area contributed by atoms with Gasteiger partial charge in [0.2, 0.25) is 0 Å². The van der Waals surface area contributed by atoms with Crippen molar-refractivity contribution in [2.75, 3.05) is 11.5 Å². The number of hydrogen-bond donors (Lipinski definition) is 0. The average Bonchev–Trinajstić information content (AvgIpc) is 1.69. The fourth-order valence-electron chi connectivity index (χ4n) is 0.235. The second kappa shape index (κ2) is 10.4. The molecule has 0 heterocycles. The van der Waals surface area contributed by atoms with E-state index in [2.05, 4.69) is 13.2 Å². The molecule has 0 radical (unpaired) electrons. The fourth-order valence-corrected chi connectivity index (χ4v) is 0.704. The van der Waals surface area contributed by atoms with Crippen molar-refractivity contribution in [3.63, 3.8) is 0 Å². The summed E-state index contributed by atoms with van der Waals surface area (Å²) < 4.78 is 0. The third-order valence-corrected chi connectivity index (χ3v) is 1.41. The van der Waals surface area contributed by atoms with Gasteiger partial charge in [-0.05, 0) is 0 Å². The van der Waals surface area contributed by atoms with Crippen molar-refractivity contribution < 1.29 is 0 Å². The predicted molar refractivity (Wildman–Crippen MR) is 44.9 cm³/mol. The van der Waals surface area contributed by atoms with Crippen molar-refractivity contribution in [3.8, 4) is 0 Å². The molecule has 0 nitrogen and oxygen atoms in total. The molecule has 8 heavy (non-hydrogen) atoms. The summed E-state index contributed by atoms with van der Waals surface area (Å²) in [5, 5.41) is 0. The summed E-state index contributed by atoms with van der Waals surface area (Å²) in [4.78, 5) is 0. The maximum atomic E-state index is 3.58. The molecule has 0 saturated heterocycles. The Hall–Kier alpha value is 0.427. The van der Waals surface area contributed by atoms with E-state index in [4.69, 9.17) is 0 Å². The molecule has 0 atom stereocenters. The molecule has 0 aliphatic rings. The van der Waals surface area contributed by atoms with Gasteiger partial charge in [-0.15, -0.1) is 13.2 Å². The van der Waals surface area contributed by atoms with Crippen molar-refractivity contribution in [2.45, 2.75) is 0 Å². The first-order valence-electron chi connectivity index (χ1n) is 2.21. The molecule has 0 aromatic rings. The Morgan fingerprint density at radius 2 is 1.50 bits per heavy atom. The molecule has 0 bridgehead atoms. The molecule has 0 spiro atoms. The van der Waals surface area contributed by atoms with Gasteiger partial charge in [-0.3, -0.25) is 0 Å². The van der Waals surface area contributed by atoms with Crippen LogP contribution >= 0.6 is 11.8 Å². The van der Waals surface area contributed by atoms with Crippen LogP contribution in [0.4, 0.5) is 0 Å². The standard InChI is InChI=1S/C6H10S.Li.H/c1-3-5-7-6-4-2;;/h3-4H,1-2,5-6H2;;. The maximum absolute atomic E-state index is 3.58. The van der Waals surface area contributed by atoms with Gasteiger partial charge in [0, 0.05) is 11.5 Å². The Bertz CT molecular complexity index is 53.5. The molecule has 0 unspecified atom stereocenters. The van der Waals surface area contributed by atoms with E-state index in [-0.39, 0.29) is 18.9 Å². The van der Waals surface area contributed by atoms with Crippen molar-refractivity contribution in [1.82, 2.24) is 0 Å². The van der Waals surface area contributed by atoms with Crippen LogP contribution in [0.25, 0.3) is 0 Å². The molecule has 0 aromatic carbocycles. The first kappa shape index (κ1) is 11.3. The topological polar surface area (TPSA) is 0 Å². The van der Waals surface area contributed by atoms with Crippen LogP contribution in [0.3, 0.4) is 0 Å². The zero-order chi connectivity index (χ0) is 5.54. The summed E-state index contributed by atoms with van der Waals surface area (Å²) in [6.07, 6.45) is 3.79. The molecular formula is C6H11LiS. The van der Waals surface area contributed by atoms with E-state index in [0.717, 1.165) is 11.5 Å². The molecular weight excluding hydrogens is 111 g/mol. The summed E-state index contributed by atoms with van der Waals surface area (Å²) in [5.41, 5.74) is 0. The van der Waals surface area contributed by atoms with Gasteiger partial charge in [0.25, 0.3) is 0 Å². The van der Waals surface area contributed by atoms with Crippen LogP contribution in [-0.4, -0.2) is 30.4 Å². The molecule has 0 fully saturated rings. The molecule has 0 aliphatic heterocycles. The van der Waals surface area contributed by atoms with Crippen LogP contribution in [0, 0.1) is 0 Å². The van der Waals surface area contributed by atoms with Crippen LogP contribution in [0.5, 0.6) is 0 Å². The normalized spacial score (nSPS) is 7.00. The summed E-state index contributed by atoms with van der Waals surface area (Å²) in [5.74, 6) is 2.07. The van der Waals surface area contributed by atoms with E-state index in [1.54, 1.807) is 0 Å². The van der Waals surface area contributed by atoms with E-state index in [1.807, 2.05) is 23.9 Å². The van der Waals surface area contributed by atoms with E-state index >= 15 is 0 Å². The average molecular weight is 122 g/mol. The first-order valence-corrected chi connectivity index (χ1v) is 3.37. The number of thioether (sulfide) groups is 1. The zero-order valence-corrected chi connectivity index (χ0v) is 5.21. The van der Waals surface area contributed by atoms with Gasteiger partial charge < -0.3 is 0 Å². The fraction of sp³-hybridized carbons (Fsp3) is 0.333. The third kappa shape index (κ3) is 9.66. The van der Waals surface area contributed by atoms with Gasteiger partial charge in [-0.2, -0.15) is 11.8 Å². The Morgan fingerprint density at radius 1 is 1.12 bits per heavy atom. The van der Waals surface area contributed by atoms with Gasteiger partial charge in [0.15, 0.2) is 0 Å². The van der Waals surface area contributed by atoms with Crippen molar-refractivity contribution in [2.24, 2.45) is 0 Å². The van der Waals surface area contributed by atoms with Gasteiger partial charge in [-0.25, -0.2) is 0 Å². The van der Waals surface area contributed by atoms with E-state index in [9.17, 15) is 0 Å². The first-order chi connectivity index (χ1) is 3.41. The van der Waals surface area contributed by atoms with Crippen LogP contribution < -0.4 is 0 Å². The Balaban J connectivity index is 0. The van der Waals surface area contributed by atoms with Crippen LogP contribution in [0.2, 0.25) is 0 Å². The van der Waals surface area contributed by atoms with Crippen molar-refractivity contribution in [3.05, 3.63) is 25.3 Å². The van der Waals surface area contributed by atoms with Crippen molar-refractivity contribution >= 4 is 30.6 Å². The Morgan fingerprint density at radius 3 is 1.75 bits per heavy atom. The quantitative estimate of drug-likeness (QED) is 0.309. The van der Waals surface area contributed by atoms with Gasteiger partial charge in [-0.1, -0.05) is 12.2 Å². The summed E-state index contributed by atoms with van der Waals surface area (Å²) in [7, 11) is 0. The van der Waals surface area contributed by atoms with Gasteiger partial charge in [0.1, 0.15) is 0 Å². The Labute approximate surface area is 67.6 Å². The van der Waals surface area contributed by atoms with E-state index < -0.39 is 0 Å². The Kier molecular flexibility index (Phi) is 14.7. The zero-order valence-electron chi connectivity index (χ0n) is 4.39.